The Labute approximate surface area is 106 Å². The first kappa shape index (κ1) is 12.4. The Morgan fingerprint density at radius 1 is 1.44 bits per heavy atom. The molecule has 0 aromatic carbocycles. The summed E-state index contributed by atoms with van der Waals surface area (Å²) in [5.41, 5.74) is 2.39. The summed E-state index contributed by atoms with van der Waals surface area (Å²) in [6.45, 7) is 3.69. The van der Waals surface area contributed by atoms with E-state index in [-0.39, 0.29) is 12.1 Å². The van der Waals surface area contributed by atoms with E-state index in [1.807, 2.05) is 25.1 Å². The zero-order chi connectivity index (χ0) is 13.1. The molecule has 0 amide bonds. The molecule has 94 valence electrons. The first-order valence-corrected chi connectivity index (χ1v) is 5.67. The molecule has 0 aliphatic carbocycles. The summed E-state index contributed by atoms with van der Waals surface area (Å²) in [4.78, 5) is 15.6. The first-order valence-electron chi connectivity index (χ1n) is 5.67. The summed E-state index contributed by atoms with van der Waals surface area (Å²) >= 11 is 0. The lowest BCUT2D eigenvalue weighted by molar-refractivity contribution is -0.136. The van der Waals surface area contributed by atoms with Gasteiger partial charge in [-0.3, -0.25) is 4.98 Å². The zero-order valence-corrected chi connectivity index (χ0v) is 10.6. The molecule has 0 fully saturated rings. The van der Waals surface area contributed by atoms with Crippen molar-refractivity contribution in [2.24, 2.45) is 0 Å². The molecule has 0 saturated heterocycles. The standard InChI is InChI=1S/C14H15NO3/c1-9-7-12(14(16)17-3)10(2)18-13(9)11-5-4-6-15-8-11/h4-8,13H,1-3H3/t13-/m1/s1. The highest BCUT2D eigenvalue weighted by Gasteiger charge is 2.25. The third-order valence-electron chi connectivity index (χ3n) is 2.85. The minimum absolute atomic E-state index is 0.188. The fourth-order valence-electron chi connectivity index (χ4n) is 1.91. The average molecular weight is 245 g/mol. The minimum atomic E-state index is -0.378. The van der Waals surface area contributed by atoms with Crippen LogP contribution in [0, 0.1) is 0 Å². The number of pyridine rings is 1. The number of esters is 1. The molecule has 2 heterocycles. The van der Waals surface area contributed by atoms with E-state index in [0.29, 0.717) is 11.3 Å². The van der Waals surface area contributed by atoms with E-state index in [1.54, 1.807) is 19.3 Å². The van der Waals surface area contributed by atoms with Crippen LogP contribution < -0.4 is 0 Å². The van der Waals surface area contributed by atoms with Crippen LogP contribution in [0.5, 0.6) is 0 Å². The highest BCUT2D eigenvalue weighted by molar-refractivity contribution is 5.92. The number of hydrogen-bond acceptors (Lipinski definition) is 4. The van der Waals surface area contributed by atoms with Gasteiger partial charge >= 0.3 is 5.97 Å². The molecule has 18 heavy (non-hydrogen) atoms. The molecule has 1 aromatic heterocycles. The number of ether oxygens (including phenoxy) is 2. The van der Waals surface area contributed by atoms with Crippen molar-refractivity contribution in [2.75, 3.05) is 7.11 Å². The van der Waals surface area contributed by atoms with Gasteiger partial charge in [-0.25, -0.2) is 4.79 Å². The Morgan fingerprint density at radius 3 is 2.83 bits per heavy atom. The molecule has 0 bridgehead atoms. The molecule has 0 unspecified atom stereocenters. The second kappa shape index (κ2) is 5.04. The maximum Gasteiger partial charge on any atom is 0.341 e. The number of nitrogens with zero attached hydrogens (tertiary/aromatic N) is 1. The summed E-state index contributed by atoms with van der Waals surface area (Å²) in [6, 6.07) is 3.81. The van der Waals surface area contributed by atoms with Gasteiger partial charge in [0.15, 0.2) is 0 Å². The van der Waals surface area contributed by atoms with Crippen molar-refractivity contribution in [1.82, 2.24) is 4.98 Å². The van der Waals surface area contributed by atoms with Crippen LogP contribution in [0.2, 0.25) is 0 Å². The maximum absolute atomic E-state index is 11.5. The predicted molar refractivity (Wildman–Crippen MR) is 66.5 cm³/mol. The largest absolute Gasteiger partial charge is 0.485 e. The predicted octanol–water partition coefficient (Wildman–Crippen LogP) is 2.55. The Balaban J connectivity index is 2.31. The summed E-state index contributed by atoms with van der Waals surface area (Å²) in [7, 11) is 1.36. The molecule has 0 radical (unpaired) electrons. The summed E-state index contributed by atoms with van der Waals surface area (Å²) in [5, 5.41) is 0. The Hall–Kier alpha value is -2.10. The fourth-order valence-corrected chi connectivity index (χ4v) is 1.91. The van der Waals surface area contributed by atoms with Crippen molar-refractivity contribution in [3.63, 3.8) is 0 Å². The second-order valence-corrected chi connectivity index (χ2v) is 4.13. The van der Waals surface area contributed by atoms with E-state index in [2.05, 4.69) is 4.98 Å². The lowest BCUT2D eigenvalue weighted by atomic mass is 9.99. The van der Waals surface area contributed by atoms with Crippen LogP contribution in [-0.2, 0) is 14.3 Å². The highest BCUT2D eigenvalue weighted by atomic mass is 16.5. The fraction of sp³-hybridized carbons (Fsp3) is 0.286. The first-order chi connectivity index (χ1) is 8.63. The van der Waals surface area contributed by atoms with Crippen LogP contribution in [0.1, 0.15) is 25.5 Å². The van der Waals surface area contributed by atoms with Crippen LogP contribution in [0.15, 0.2) is 47.5 Å². The molecule has 1 aliphatic heterocycles. The van der Waals surface area contributed by atoms with Crippen LogP contribution in [0.4, 0.5) is 0 Å². The lowest BCUT2D eigenvalue weighted by Crippen LogP contribution is -2.16. The van der Waals surface area contributed by atoms with E-state index in [0.717, 1.165) is 11.1 Å². The summed E-state index contributed by atoms with van der Waals surface area (Å²) in [6.07, 6.45) is 5.10. The van der Waals surface area contributed by atoms with E-state index < -0.39 is 0 Å². The van der Waals surface area contributed by atoms with E-state index in [9.17, 15) is 4.79 Å². The molecule has 4 nitrogen and oxygen atoms in total. The van der Waals surface area contributed by atoms with Crippen molar-refractivity contribution in [3.05, 3.63) is 53.1 Å². The van der Waals surface area contributed by atoms with Gasteiger partial charge in [0.2, 0.25) is 0 Å². The van der Waals surface area contributed by atoms with Crippen LogP contribution >= 0.6 is 0 Å². The van der Waals surface area contributed by atoms with Crippen molar-refractivity contribution >= 4 is 5.97 Å². The number of allylic oxidation sites excluding steroid dienone is 1. The number of methoxy groups -OCH3 is 1. The van der Waals surface area contributed by atoms with Crippen molar-refractivity contribution < 1.29 is 14.3 Å². The van der Waals surface area contributed by atoms with Gasteiger partial charge in [-0.15, -0.1) is 0 Å². The van der Waals surface area contributed by atoms with Gasteiger partial charge in [0.25, 0.3) is 0 Å². The molecule has 0 saturated carbocycles. The molecule has 0 spiro atoms. The van der Waals surface area contributed by atoms with Gasteiger partial charge in [-0.1, -0.05) is 6.07 Å². The van der Waals surface area contributed by atoms with E-state index >= 15 is 0 Å². The normalized spacial score (nSPS) is 19.1. The van der Waals surface area contributed by atoms with Crippen molar-refractivity contribution in [3.8, 4) is 0 Å². The molecule has 2 rings (SSSR count). The van der Waals surface area contributed by atoms with E-state index in [1.165, 1.54) is 7.11 Å². The monoisotopic (exact) mass is 245 g/mol. The number of rotatable bonds is 2. The molecule has 0 N–H and O–H groups in total. The zero-order valence-electron chi connectivity index (χ0n) is 10.6. The number of carbonyl (C=O) groups is 1. The topological polar surface area (TPSA) is 48.4 Å². The molecule has 1 aliphatic rings. The lowest BCUT2D eigenvalue weighted by Gasteiger charge is -2.25. The Bertz CT molecular complexity index is 517. The van der Waals surface area contributed by atoms with Crippen LogP contribution in [0.3, 0.4) is 0 Å². The van der Waals surface area contributed by atoms with Crippen LogP contribution in [0.25, 0.3) is 0 Å². The minimum Gasteiger partial charge on any atom is -0.485 e. The molecule has 1 atom stereocenters. The molecular formula is C14H15NO3. The molecule has 4 heteroatoms. The number of aromatic nitrogens is 1. The van der Waals surface area contributed by atoms with Crippen LogP contribution in [-0.4, -0.2) is 18.1 Å². The molecule has 1 aromatic rings. The van der Waals surface area contributed by atoms with Gasteiger partial charge in [-0.2, -0.15) is 0 Å². The smallest absolute Gasteiger partial charge is 0.341 e. The van der Waals surface area contributed by atoms with Gasteiger partial charge < -0.3 is 9.47 Å². The summed E-state index contributed by atoms with van der Waals surface area (Å²) < 4.78 is 10.5. The van der Waals surface area contributed by atoms with Crippen molar-refractivity contribution in [1.29, 1.82) is 0 Å². The second-order valence-electron chi connectivity index (χ2n) is 4.13. The number of carbonyl (C=O) groups excluding carboxylic acids is 1. The SMILES string of the molecule is COC(=O)C1=C(C)O[C@@H](c2cccnc2)C(C)=C1. The quantitative estimate of drug-likeness (QED) is 0.751. The third kappa shape index (κ3) is 2.27. The average Bonchev–Trinajstić information content (AvgIpc) is 2.41. The van der Waals surface area contributed by atoms with E-state index in [4.69, 9.17) is 9.47 Å². The highest BCUT2D eigenvalue weighted by Crippen LogP contribution is 2.33. The van der Waals surface area contributed by atoms with Crippen molar-refractivity contribution in [2.45, 2.75) is 20.0 Å². The Morgan fingerprint density at radius 2 is 2.22 bits per heavy atom. The molecular weight excluding hydrogens is 230 g/mol. The van der Waals surface area contributed by atoms with Gasteiger partial charge in [-0.05, 0) is 31.6 Å². The van der Waals surface area contributed by atoms with Gasteiger partial charge in [0.05, 0.1) is 12.7 Å². The third-order valence-corrected chi connectivity index (χ3v) is 2.85. The maximum atomic E-state index is 11.5. The summed E-state index contributed by atoms with van der Waals surface area (Å²) in [5.74, 6) is 0.192. The van der Waals surface area contributed by atoms with Gasteiger partial charge in [0, 0.05) is 18.0 Å². The Kier molecular flexibility index (Phi) is 3.46. The van der Waals surface area contributed by atoms with Gasteiger partial charge in [0.1, 0.15) is 11.9 Å². The number of hydrogen-bond donors (Lipinski definition) is 0.